The van der Waals surface area contributed by atoms with Gasteiger partial charge in [0.1, 0.15) is 0 Å². The Morgan fingerprint density at radius 3 is 2.45 bits per heavy atom. The van der Waals surface area contributed by atoms with E-state index < -0.39 is 0 Å². The number of rotatable bonds is 2. The maximum absolute atomic E-state index is 5.85. The van der Waals surface area contributed by atoms with Crippen LogP contribution in [0.1, 0.15) is 39.5 Å². The molecule has 2 fully saturated rings. The number of fused-ring (bicyclic) bond motifs is 2. The van der Waals surface area contributed by atoms with Gasteiger partial charge in [-0.15, -0.1) is 0 Å². The highest BCUT2D eigenvalue weighted by Crippen LogP contribution is 2.46. The molecule has 2 saturated carbocycles. The Hall–Kier alpha value is -0.0400. The molecule has 0 aromatic rings. The van der Waals surface area contributed by atoms with Crippen molar-refractivity contribution in [2.45, 2.75) is 51.7 Å². The van der Waals surface area contributed by atoms with E-state index in [0.717, 1.165) is 11.8 Å². The predicted octanol–water partition coefficient (Wildman–Crippen LogP) is 2.60. The van der Waals surface area contributed by atoms with E-state index >= 15 is 0 Å². The van der Waals surface area contributed by atoms with Crippen molar-refractivity contribution in [1.82, 2.24) is 0 Å². The summed E-state index contributed by atoms with van der Waals surface area (Å²) in [6.45, 7) is 4.29. The molecule has 0 saturated heterocycles. The van der Waals surface area contributed by atoms with E-state index in [4.69, 9.17) is 4.74 Å². The minimum atomic E-state index is 0.430. The molecule has 2 bridgehead atoms. The van der Waals surface area contributed by atoms with Crippen molar-refractivity contribution in [3.05, 3.63) is 0 Å². The zero-order chi connectivity index (χ0) is 7.84. The summed E-state index contributed by atoms with van der Waals surface area (Å²) in [5.74, 6) is 1.94. The van der Waals surface area contributed by atoms with Crippen LogP contribution in [0.25, 0.3) is 0 Å². The van der Waals surface area contributed by atoms with Gasteiger partial charge in [-0.2, -0.15) is 0 Å². The highest BCUT2D eigenvalue weighted by atomic mass is 16.5. The van der Waals surface area contributed by atoms with Gasteiger partial charge in [0.05, 0.1) is 12.2 Å². The monoisotopic (exact) mass is 154 g/mol. The van der Waals surface area contributed by atoms with Crippen molar-refractivity contribution in [2.24, 2.45) is 11.8 Å². The molecular formula is C10H18O. The van der Waals surface area contributed by atoms with Crippen LogP contribution in [-0.2, 0) is 4.74 Å². The van der Waals surface area contributed by atoms with Crippen molar-refractivity contribution < 1.29 is 4.74 Å². The lowest BCUT2D eigenvalue weighted by atomic mass is 9.98. The minimum absolute atomic E-state index is 0.430. The van der Waals surface area contributed by atoms with Gasteiger partial charge < -0.3 is 4.74 Å². The molecule has 0 spiro atoms. The lowest BCUT2D eigenvalue weighted by Gasteiger charge is -2.24. The first-order valence-corrected chi connectivity index (χ1v) is 4.91. The third-order valence-corrected chi connectivity index (χ3v) is 3.12. The van der Waals surface area contributed by atoms with Gasteiger partial charge in [0.15, 0.2) is 0 Å². The smallest absolute Gasteiger partial charge is 0.0609 e. The largest absolute Gasteiger partial charge is 0.375 e. The number of hydrogen-bond acceptors (Lipinski definition) is 1. The standard InChI is InChI=1S/C10H18O/c1-7(2)11-10-6-8-3-4-9(10)5-8/h7-10H,3-6H2,1-2H3/t8-,9+,10+/m1/s1. The summed E-state index contributed by atoms with van der Waals surface area (Å²) in [4.78, 5) is 0. The molecule has 0 radical (unpaired) electrons. The zero-order valence-corrected chi connectivity index (χ0v) is 7.55. The molecule has 2 aliphatic rings. The molecule has 0 unspecified atom stereocenters. The van der Waals surface area contributed by atoms with Crippen LogP contribution >= 0.6 is 0 Å². The topological polar surface area (TPSA) is 9.23 Å². The van der Waals surface area contributed by atoms with E-state index in [0.29, 0.717) is 12.2 Å². The van der Waals surface area contributed by atoms with Gasteiger partial charge >= 0.3 is 0 Å². The van der Waals surface area contributed by atoms with Crippen LogP contribution in [0.3, 0.4) is 0 Å². The van der Waals surface area contributed by atoms with Crippen molar-refractivity contribution in [3.63, 3.8) is 0 Å². The van der Waals surface area contributed by atoms with Gasteiger partial charge in [0, 0.05) is 0 Å². The van der Waals surface area contributed by atoms with Crippen LogP contribution in [-0.4, -0.2) is 12.2 Å². The van der Waals surface area contributed by atoms with Crippen LogP contribution in [0.2, 0.25) is 0 Å². The molecule has 0 heterocycles. The highest BCUT2D eigenvalue weighted by Gasteiger charge is 2.40. The molecule has 2 aliphatic carbocycles. The quantitative estimate of drug-likeness (QED) is 0.594. The first-order valence-electron chi connectivity index (χ1n) is 4.91. The van der Waals surface area contributed by atoms with Crippen LogP contribution in [0.4, 0.5) is 0 Å². The molecule has 0 aliphatic heterocycles. The Morgan fingerprint density at radius 1 is 1.18 bits per heavy atom. The lowest BCUT2D eigenvalue weighted by Crippen LogP contribution is -2.23. The Balaban J connectivity index is 1.87. The van der Waals surface area contributed by atoms with Crippen LogP contribution < -0.4 is 0 Å². The first-order chi connectivity index (χ1) is 5.25. The molecule has 1 nitrogen and oxygen atoms in total. The highest BCUT2D eigenvalue weighted by molar-refractivity contribution is 4.90. The second kappa shape index (κ2) is 2.78. The first kappa shape index (κ1) is 7.60. The Bertz CT molecular complexity index is 142. The Labute approximate surface area is 69.1 Å². The summed E-state index contributed by atoms with van der Waals surface area (Å²) >= 11 is 0. The predicted molar refractivity (Wildman–Crippen MR) is 45.5 cm³/mol. The minimum Gasteiger partial charge on any atom is -0.375 e. The van der Waals surface area contributed by atoms with Gasteiger partial charge in [-0.1, -0.05) is 0 Å². The van der Waals surface area contributed by atoms with Crippen LogP contribution in [0.15, 0.2) is 0 Å². The molecule has 1 heteroatoms. The molecule has 11 heavy (non-hydrogen) atoms. The average molecular weight is 154 g/mol. The third kappa shape index (κ3) is 1.44. The molecule has 0 aromatic carbocycles. The summed E-state index contributed by atoms with van der Waals surface area (Å²) in [7, 11) is 0. The van der Waals surface area contributed by atoms with E-state index in [1.54, 1.807) is 0 Å². The van der Waals surface area contributed by atoms with Gasteiger partial charge in [0.25, 0.3) is 0 Å². The summed E-state index contributed by atoms with van der Waals surface area (Å²) in [5, 5.41) is 0. The Kier molecular flexibility index (Phi) is 1.92. The zero-order valence-electron chi connectivity index (χ0n) is 7.55. The number of ether oxygens (including phenoxy) is 1. The van der Waals surface area contributed by atoms with Gasteiger partial charge in [-0.25, -0.2) is 0 Å². The molecule has 3 atom stereocenters. The molecule has 0 N–H and O–H groups in total. The number of hydrogen-bond donors (Lipinski definition) is 0. The molecule has 2 rings (SSSR count). The molecule has 0 amide bonds. The van der Waals surface area contributed by atoms with Crippen molar-refractivity contribution in [3.8, 4) is 0 Å². The van der Waals surface area contributed by atoms with Crippen molar-refractivity contribution in [2.75, 3.05) is 0 Å². The maximum atomic E-state index is 5.85. The van der Waals surface area contributed by atoms with Crippen molar-refractivity contribution in [1.29, 1.82) is 0 Å². The van der Waals surface area contributed by atoms with Gasteiger partial charge in [-0.05, 0) is 51.4 Å². The second-order valence-corrected chi connectivity index (χ2v) is 4.40. The summed E-state index contributed by atoms with van der Waals surface area (Å²) in [5.41, 5.74) is 0. The average Bonchev–Trinajstić information content (AvgIpc) is 2.45. The Morgan fingerprint density at radius 2 is 2.00 bits per heavy atom. The summed E-state index contributed by atoms with van der Waals surface area (Å²) in [6.07, 6.45) is 6.76. The summed E-state index contributed by atoms with van der Waals surface area (Å²) in [6, 6.07) is 0. The van der Waals surface area contributed by atoms with Crippen LogP contribution in [0.5, 0.6) is 0 Å². The second-order valence-electron chi connectivity index (χ2n) is 4.40. The van der Waals surface area contributed by atoms with E-state index in [2.05, 4.69) is 13.8 Å². The molecule has 0 aromatic heterocycles. The molecular weight excluding hydrogens is 136 g/mol. The van der Waals surface area contributed by atoms with E-state index in [1.807, 2.05) is 0 Å². The molecule has 64 valence electrons. The fraction of sp³-hybridized carbons (Fsp3) is 1.00. The van der Waals surface area contributed by atoms with Gasteiger partial charge in [0.2, 0.25) is 0 Å². The van der Waals surface area contributed by atoms with Crippen LogP contribution in [0, 0.1) is 11.8 Å². The SMILES string of the molecule is CC(C)O[C@H]1C[C@@H]2CC[C@H]1C2. The summed E-state index contributed by atoms with van der Waals surface area (Å²) < 4.78 is 5.85. The van der Waals surface area contributed by atoms with E-state index in [1.165, 1.54) is 25.7 Å². The van der Waals surface area contributed by atoms with Crippen molar-refractivity contribution >= 4 is 0 Å². The third-order valence-electron chi connectivity index (χ3n) is 3.12. The maximum Gasteiger partial charge on any atom is 0.0609 e. The normalized spacial score (nSPS) is 42.3. The van der Waals surface area contributed by atoms with E-state index in [-0.39, 0.29) is 0 Å². The fourth-order valence-electron chi connectivity index (χ4n) is 2.70. The lowest BCUT2D eigenvalue weighted by molar-refractivity contribution is -0.0222. The van der Waals surface area contributed by atoms with Gasteiger partial charge in [-0.3, -0.25) is 0 Å². The van der Waals surface area contributed by atoms with E-state index in [9.17, 15) is 0 Å². The fourth-order valence-corrected chi connectivity index (χ4v) is 2.70.